The standard InChI is InChI=1S/C25H51NO2/c1-6-8-9-10-11-12-13-14-15-16-17-18-19-20-21-22-23-25(3,24(27)28)26(4,5)7-2/h6-23H2,1-5H3. The molecule has 1 atom stereocenters. The van der Waals surface area contributed by atoms with Crippen LogP contribution in [0.15, 0.2) is 0 Å². The topological polar surface area (TPSA) is 40.1 Å². The molecule has 0 aliphatic heterocycles. The first kappa shape index (κ1) is 27.4. The Morgan fingerprint density at radius 2 is 1.00 bits per heavy atom. The van der Waals surface area contributed by atoms with Gasteiger partial charge in [-0.25, -0.2) is 0 Å². The molecule has 0 aliphatic carbocycles. The number of carboxylic acids is 1. The molecule has 0 aromatic carbocycles. The third kappa shape index (κ3) is 11.4. The largest absolute Gasteiger partial charge is 0.544 e. The maximum atomic E-state index is 11.7. The third-order valence-corrected chi connectivity index (χ3v) is 7.08. The average molecular weight is 398 g/mol. The molecule has 168 valence electrons. The molecule has 0 rings (SSSR count). The molecule has 0 aromatic heterocycles. The zero-order valence-electron chi connectivity index (χ0n) is 20.0. The summed E-state index contributed by atoms with van der Waals surface area (Å²) in [5, 5.41) is 11.7. The summed E-state index contributed by atoms with van der Waals surface area (Å²) in [6.45, 7) is 7.00. The van der Waals surface area contributed by atoms with E-state index in [9.17, 15) is 9.90 Å². The van der Waals surface area contributed by atoms with E-state index in [0.29, 0.717) is 10.9 Å². The Hall–Kier alpha value is -0.570. The van der Waals surface area contributed by atoms with Crippen molar-refractivity contribution in [1.29, 1.82) is 0 Å². The van der Waals surface area contributed by atoms with E-state index in [0.717, 1.165) is 19.4 Å². The number of quaternary nitrogens is 1. The molecular formula is C25H51NO2. The van der Waals surface area contributed by atoms with Crippen molar-refractivity contribution in [3.05, 3.63) is 0 Å². The van der Waals surface area contributed by atoms with E-state index in [1.807, 2.05) is 21.0 Å². The lowest BCUT2D eigenvalue weighted by Gasteiger charge is -2.47. The molecule has 3 heteroatoms. The summed E-state index contributed by atoms with van der Waals surface area (Å²) < 4.78 is 0.494. The number of hydrogen-bond acceptors (Lipinski definition) is 2. The molecule has 0 aromatic rings. The van der Waals surface area contributed by atoms with E-state index in [-0.39, 0.29) is 0 Å². The van der Waals surface area contributed by atoms with Crippen molar-refractivity contribution in [3.8, 4) is 0 Å². The zero-order valence-corrected chi connectivity index (χ0v) is 20.0. The maximum Gasteiger partial charge on any atom is 0.136 e. The van der Waals surface area contributed by atoms with E-state index in [1.165, 1.54) is 89.9 Å². The number of unbranched alkanes of at least 4 members (excludes halogenated alkanes) is 15. The first-order valence-corrected chi connectivity index (χ1v) is 12.4. The van der Waals surface area contributed by atoms with E-state index in [1.54, 1.807) is 0 Å². The summed E-state index contributed by atoms with van der Waals surface area (Å²) in [6.07, 6.45) is 22.2. The first-order valence-electron chi connectivity index (χ1n) is 12.4. The maximum absolute atomic E-state index is 11.7. The number of carbonyl (C=O) groups is 1. The van der Waals surface area contributed by atoms with Gasteiger partial charge in [0.15, 0.2) is 0 Å². The highest BCUT2D eigenvalue weighted by molar-refractivity contribution is 5.74. The van der Waals surface area contributed by atoms with Gasteiger partial charge in [0.2, 0.25) is 0 Å². The number of carboxylic acid groups (broad SMARTS) is 1. The molecule has 0 saturated carbocycles. The normalized spacial score (nSPS) is 14.2. The van der Waals surface area contributed by atoms with E-state index in [2.05, 4.69) is 13.8 Å². The van der Waals surface area contributed by atoms with E-state index >= 15 is 0 Å². The molecule has 0 radical (unpaired) electrons. The fourth-order valence-electron chi connectivity index (χ4n) is 4.02. The van der Waals surface area contributed by atoms with Gasteiger partial charge in [-0.1, -0.05) is 103 Å². The SMILES string of the molecule is CCCCCCCCCCCCCCCCCCC(C)(C(=O)[O-])[N+](C)(C)CC. The molecule has 0 saturated heterocycles. The van der Waals surface area contributed by atoms with Crippen LogP contribution in [0.4, 0.5) is 0 Å². The molecule has 0 fully saturated rings. The van der Waals surface area contributed by atoms with Crippen molar-refractivity contribution in [3.63, 3.8) is 0 Å². The fourth-order valence-corrected chi connectivity index (χ4v) is 4.02. The molecule has 0 bridgehead atoms. The molecule has 28 heavy (non-hydrogen) atoms. The van der Waals surface area contributed by atoms with Crippen molar-refractivity contribution in [2.45, 2.75) is 135 Å². The Balaban J connectivity index is 3.54. The van der Waals surface area contributed by atoms with Gasteiger partial charge in [-0.15, -0.1) is 0 Å². The third-order valence-electron chi connectivity index (χ3n) is 7.08. The second-order valence-electron chi connectivity index (χ2n) is 9.62. The number of rotatable bonds is 20. The minimum Gasteiger partial charge on any atom is -0.544 e. The minimum atomic E-state index is -0.902. The molecule has 3 nitrogen and oxygen atoms in total. The lowest BCUT2D eigenvalue weighted by molar-refractivity contribution is -0.931. The van der Waals surface area contributed by atoms with Crippen molar-refractivity contribution in [2.24, 2.45) is 0 Å². The van der Waals surface area contributed by atoms with Crippen LogP contribution in [0.3, 0.4) is 0 Å². The van der Waals surface area contributed by atoms with Gasteiger partial charge in [-0.3, -0.25) is 0 Å². The second kappa shape index (κ2) is 16.3. The Kier molecular flexibility index (Phi) is 15.9. The van der Waals surface area contributed by atoms with Gasteiger partial charge in [0, 0.05) is 6.42 Å². The van der Waals surface area contributed by atoms with Crippen molar-refractivity contribution < 1.29 is 14.4 Å². The van der Waals surface area contributed by atoms with Gasteiger partial charge >= 0.3 is 0 Å². The minimum absolute atomic E-state index is 0.494. The lowest BCUT2D eigenvalue weighted by atomic mass is 9.90. The molecule has 0 N–H and O–H groups in total. The van der Waals surface area contributed by atoms with Gasteiger partial charge < -0.3 is 14.4 Å². The van der Waals surface area contributed by atoms with E-state index in [4.69, 9.17) is 0 Å². The van der Waals surface area contributed by atoms with Crippen molar-refractivity contribution in [1.82, 2.24) is 0 Å². The molecule has 0 spiro atoms. The summed E-state index contributed by atoms with van der Waals surface area (Å²) in [4.78, 5) is 11.7. The summed E-state index contributed by atoms with van der Waals surface area (Å²) in [6, 6.07) is 0. The predicted molar refractivity (Wildman–Crippen MR) is 120 cm³/mol. The van der Waals surface area contributed by atoms with Crippen LogP contribution in [0.25, 0.3) is 0 Å². The summed E-state index contributed by atoms with van der Waals surface area (Å²) in [5.74, 6) is -0.902. The number of hydrogen-bond donors (Lipinski definition) is 0. The van der Waals surface area contributed by atoms with Crippen LogP contribution in [0.2, 0.25) is 0 Å². The molecule has 0 heterocycles. The quantitative estimate of drug-likeness (QED) is 0.180. The number of nitrogens with zero attached hydrogens (tertiary/aromatic N) is 1. The van der Waals surface area contributed by atoms with Crippen LogP contribution in [-0.2, 0) is 4.79 Å². The van der Waals surface area contributed by atoms with Gasteiger partial charge in [-0.2, -0.15) is 0 Å². The van der Waals surface area contributed by atoms with Gasteiger partial charge in [0.05, 0.1) is 20.6 Å². The summed E-state index contributed by atoms with van der Waals surface area (Å²) >= 11 is 0. The predicted octanol–water partition coefficient (Wildman–Crippen LogP) is 6.24. The van der Waals surface area contributed by atoms with Crippen molar-refractivity contribution in [2.75, 3.05) is 20.6 Å². The van der Waals surface area contributed by atoms with Gasteiger partial charge in [-0.05, 0) is 20.3 Å². The number of likely N-dealkylation sites (N-methyl/N-ethyl adjacent to an activating group) is 1. The van der Waals surface area contributed by atoms with E-state index < -0.39 is 11.5 Å². The fraction of sp³-hybridized carbons (Fsp3) is 0.960. The first-order chi connectivity index (χ1) is 13.3. The molecule has 0 aliphatic rings. The number of carbonyl (C=O) groups excluding carboxylic acids is 1. The molecular weight excluding hydrogens is 346 g/mol. The molecule has 0 amide bonds. The van der Waals surface area contributed by atoms with Crippen LogP contribution in [0.5, 0.6) is 0 Å². The average Bonchev–Trinajstić information content (AvgIpc) is 2.67. The summed E-state index contributed by atoms with van der Waals surface area (Å²) in [7, 11) is 4.00. The monoisotopic (exact) mass is 397 g/mol. The Morgan fingerprint density at radius 1 is 0.679 bits per heavy atom. The highest BCUT2D eigenvalue weighted by Crippen LogP contribution is 2.27. The number of aliphatic carboxylic acids is 1. The highest BCUT2D eigenvalue weighted by atomic mass is 16.4. The van der Waals surface area contributed by atoms with Crippen LogP contribution in [0.1, 0.15) is 130 Å². The van der Waals surface area contributed by atoms with Crippen LogP contribution < -0.4 is 5.11 Å². The lowest BCUT2D eigenvalue weighted by Crippen LogP contribution is -2.66. The highest BCUT2D eigenvalue weighted by Gasteiger charge is 2.40. The zero-order chi connectivity index (χ0) is 21.3. The van der Waals surface area contributed by atoms with Gasteiger partial charge in [0.25, 0.3) is 0 Å². The summed E-state index contributed by atoms with van der Waals surface area (Å²) in [5.41, 5.74) is -0.773. The van der Waals surface area contributed by atoms with Crippen molar-refractivity contribution >= 4 is 5.97 Å². The Morgan fingerprint density at radius 3 is 1.29 bits per heavy atom. The second-order valence-corrected chi connectivity index (χ2v) is 9.62. The van der Waals surface area contributed by atoms with Crippen LogP contribution >= 0.6 is 0 Å². The smallest absolute Gasteiger partial charge is 0.136 e. The Bertz CT molecular complexity index is 381. The molecule has 1 unspecified atom stereocenters. The van der Waals surface area contributed by atoms with Crippen LogP contribution in [-0.4, -0.2) is 36.6 Å². The van der Waals surface area contributed by atoms with Crippen LogP contribution in [0, 0.1) is 0 Å². The van der Waals surface area contributed by atoms with Gasteiger partial charge in [0.1, 0.15) is 11.5 Å². The Labute approximate surface area is 176 Å².